The summed E-state index contributed by atoms with van der Waals surface area (Å²) in [7, 11) is 1.90. The van der Waals surface area contributed by atoms with E-state index in [0.717, 1.165) is 58.2 Å². The van der Waals surface area contributed by atoms with E-state index in [1.807, 2.05) is 7.11 Å². The van der Waals surface area contributed by atoms with Gasteiger partial charge in [-0.2, -0.15) is 0 Å². The van der Waals surface area contributed by atoms with Crippen LogP contribution in [0.4, 0.5) is 0 Å². The Bertz CT molecular complexity index is 617. The van der Waals surface area contributed by atoms with Gasteiger partial charge in [0.05, 0.1) is 25.9 Å². The van der Waals surface area contributed by atoms with Crippen LogP contribution in [-0.2, 0) is 16.0 Å². The third-order valence-corrected chi connectivity index (χ3v) is 7.12. The zero-order chi connectivity index (χ0) is 19.9. The fourth-order valence-electron chi connectivity index (χ4n) is 5.59. The lowest BCUT2D eigenvalue weighted by Crippen LogP contribution is -2.47. The Morgan fingerprint density at radius 1 is 1.03 bits per heavy atom. The van der Waals surface area contributed by atoms with Crippen LogP contribution in [0.3, 0.4) is 0 Å². The van der Waals surface area contributed by atoms with Crippen molar-refractivity contribution in [1.29, 1.82) is 0 Å². The van der Waals surface area contributed by atoms with Crippen LogP contribution in [0.1, 0.15) is 44.1 Å². The number of hydrogen-bond donors (Lipinski definition) is 0. The molecule has 1 spiro atoms. The van der Waals surface area contributed by atoms with Gasteiger partial charge in [0.25, 0.3) is 0 Å². The summed E-state index contributed by atoms with van der Waals surface area (Å²) in [5.74, 6) is 0.987. The Morgan fingerprint density at radius 2 is 1.83 bits per heavy atom. The molecule has 2 heterocycles. The molecule has 5 nitrogen and oxygen atoms in total. The maximum atomic E-state index is 5.96. The Hall–Kier alpha value is -1.14. The first-order valence-corrected chi connectivity index (χ1v) is 11.5. The normalized spacial score (nSPS) is 28.8. The van der Waals surface area contributed by atoms with Gasteiger partial charge in [-0.15, -0.1) is 0 Å². The predicted molar refractivity (Wildman–Crippen MR) is 115 cm³/mol. The van der Waals surface area contributed by atoms with Crippen molar-refractivity contribution in [3.8, 4) is 5.75 Å². The summed E-state index contributed by atoms with van der Waals surface area (Å²) in [6.07, 6.45) is 8.05. The third kappa shape index (κ3) is 5.52. The smallest absolute Gasteiger partial charge is 0.119 e. The number of rotatable bonds is 8. The van der Waals surface area contributed by atoms with Crippen LogP contribution in [-0.4, -0.2) is 75.6 Å². The summed E-state index contributed by atoms with van der Waals surface area (Å²) < 4.78 is 17.2. The topological polar surface area (TPSA) is 34.2 Å². The molecule has 3 fully saturated rings. The molecule has 162 valence electrons. The number of methoxy groups -OCH3 is 1. The van der Waals surface area contributed by atoms with Gasteiger partial charge < -0.3 is 14.2 Å². The molecule has 2 aliphatic heterocycles. The van der Waals surface area contributed by atoms with E-state index in [0.29, 0.717) is 11.5 Å². The van der Waals surface area contributed by atoms with E-state index in [4.69, 9.17) is 14.2 Å². The van der Waals surface area contributed by atoms with E-state index in [2.05, 4.69) is 34.1 Å². The molecule has 5 heteroatoms. The fourth-order valence-corrected chi connectivity index (χ4v) is 5.59. The molecule has 0 N–H and O–H groups in total. The van der Waals surface area contributed by atoms with E-state index in [1.54, 1.807) is 0 Å². The number of piperidine rings is 1. The number of morpholine rings is 1. The number of nitrogens with zero attached hydrogens (tertiary/aromatic N) is 2. The SMILES string of the molecule is CO[C@@H]1CCC[C@@]12CCCN(Cc1ccc(OCCCN3CCOCC3)cc1)C2. The van der Waals surface area contributed by atoms with E-state index in [1.165, 1.54) is 50.8 Å². The molecule has 0 bridgehead atoms. The second-order valence-corrected chi connectivity index (χ2v) is 9.09. The van der Waals surface area contributed by atoms with E-state index >= 15 is 0 Å². The monoisotopic (exact) mass is 402 g/mol. The summed E-state index contributed by atoms with van der Waals surface area (Å²) in [5.41, 5.74) is 1.78. The van der Waals surface area contributed by atoms with E-state index in [-0.39, 0.29) is 0 Å². The maximum Gasteiger partial charge on any atom is 0.119 e. The molecular formula is C24H38N2O3. The summed E-state index contributed by atoms with van der Waals surface area (Å²) in [4.78, 5) is 5.10. The van der Waals surface area contributed by atoms with Crippen molar-refractivity contribution in [2.75, 3.05) is 59.7 Å². The van der Waals surface area contributed by atoms with Crippen LogP contribution in [0, 0.1) is 5.41 Å². The highest BCUT2D eigenvalue weighted by Crippen LogP contribution is 2.46. The van der Waals surface area contributed by atoms with Crippen LogP contribution >= 0.6 is 0 Å². The van der Waals surface area contributed by atoms with Crippen molar-refractivity contribution in [3.05, 3.63) is 29.8 Å². The van der Waals surface area contributed by atoms with Crippen LogP contribution < -0.4 is 4.74 Å². The predicted octanol–water partition coefficient (Wildman–Crippen LogP) is 3.57. The number of benzene rings is 1. The summed E-state index contributed by atoms with van der Waals surface area (Å²) in [6, 6.07) is 8.75. The van der Waals surface area contributed by atoms with E-state index < -0.39 is 0 Å². The highest BCUT2D eigenvalue weighted by Gasteiger charge is 2.45. The first kappa shape index (κ1) is 21.1. The molecule has 0 unspecified atom stereocenters. The van der Waals surface area contributed by atoms with Crippen molar-refractivity contribution < 1.29 is 14.2 Å². The molecule has 1 aromatic rings. The molecule has 29 heavy (non-hydrogen) atoms. The largest absolute Gasteiger partial charge is 0.494 e. The van der Waals surface area contributed by atoms with Gasteiger partial charge >= 0.3 is 0 Å². The number of ether oxygens (including phenoxy) is 3. The minimum atomic E-state index is 0.399. The molecule has 3 aliphatic rings. The molecule has 0 aromatic heterocycles. The second-order valence-electron chi connectivity index (χ2n) is 9.09. The van der Waals surface area contributed by atoms with Crippen LogP contribution in [0.15, 0.2) is 24.3 Å². The molecule has 2 saturated heterocycles. The minimum absolute atomic E-state index is 0.399. The Balaban J connectivity index is 1.21. The van der Waals surface area contributed by atoms with Gasteiger partial charge in [0.15, 0.2) is 0 Å². The first-order valence-electron chi connectivity index (χ1n) is 11.5. The lowest BCUT2D eigenvalue weighted by atomic mass is 9.76. The molecule has 2 atom stereocenters. The van der Waals surface area contributed by atoms with Crippen molar-refractivity contribution >= 4 is 0 Å². The second kappa shape index (κ2) is 10.3. The van der Waals surface area contributed by atoms with E-state index in [9.17, 15) is 0 Å². The Morgan fingerprint density at radius 3 is 2.62 bits per heavy atom. The Kier molecular flexibility index (Phi) is 7.46. The average Bonchev–Trinajstić information content (AvgIpc) is 3.14. The van der Waals surface area contributed by atoms with Gasteiger partial charge in [-0.25, -0.2) is 0 Å². The summed E-state index contributed by atoms with van der Waals surface area (Å²) in [6.45, 7) is 9.15. The molecule has 1 aliphatic carbocycles. The maximum absolute atomic E-state index is 5.96. The third-order valence-electron chi connectivity index (χ3n) is 7.12. The zero-order valence-electron chi connectivity index (χ0n) is 18.1. The molecule has 4 rings (SSSR count). The Labute approximate surface area is 176 Å². The van der Waals surface area contributed by atoms with Crippen LogP contribution in [0.2, 0.25) is 0 Å². The lowest BCUT2D eigenvalue weighted by Gasteiger charge is -2.43. The molecule has 0 radical (unpaired) electrons. The van der Waals surface area contributed by atoms with Gasteiger partial charge in [-0.3, -0.25) is 9.80 Å². The van der Waals surface area contributed by atoms with Crippen molar-refractivity contribution in [1.82, 2.24) is 9.80 Å². The zero-order valence-corrected chi connectivity index (χ0v) is 18.1. The molecular weight excluding hydrogens is 364 g/mol. The van der Waals surface area contributed by atoms with Crippen molar-refractivity contribution in [2.24, 2.45) is 5.41 Å². The molecule has 0 amide bonds. The van der Waals surface area contributed by atoms with Gasteiger partial charge in [-0.1, -0.05) is 18.6 Å². The number of hydrogen-bond acceptors (Lipinski definition) is 5. The van der Waals surface area contributed by atoms with Gasteiger partial charge in [0.2, 0.25) is 0 Å². The number of likely N-dealkylation sites (tertiary alicyclic amines) is 1. The van der Waals surface area contributed by atoms with Gasteiger partial charge in [0.1, 0.15) is 5.75 Å². The average molecular weight is 403 g/mol. The van der Waals surface area contributed by atoms with Crippen LogP contribution in [0.5, 0.6) is 5.75 Å². The van der Waals surface area contributed by atoms with Crippen molar-refractivity contribution in [3.63, 3.8) is 0 Å². The minimum Gasteiger partial charge on any atom is -0.494 e. The lowest BCUT2D eigenvalue weighted by molar-refractivity contribution is -0.0366. The highest BCUT2D eigenvalue weighted by atomic mass is 16.5. The fraction of sp³-hybridized carbons (Fsp3) is 0.750. The molecule has 1 saturated carbocycles. The first-order chi connectivity index (χ1) is 14.3. The van der Waals surface area contributed by atoms with Crippen LogP contribution in [0.25, 0.3) is 0 Å². The summed E-state index contributed by atoms with van der Waals surface area (Å²) in [5, 5.41) is 0. The highest BCUT2D eigenvalue weighted by molar-refractivity contribution is 5.27. The standard InChI is InChI=1S/C24H38N2O3/c1-27-23-5-2-10-24(23)11-3-12-26(20-24)19-21-6-8-22(9-7-21)29-16-4-13-25-14-17-28-18-15-25/h6-9,23H,2-5,10-20H2,1H3/t23-,24+/m1/s1. The van der Waals surface area contributed by atoms with Gasteiger partial charge in [0, 0.05) is 45.2 Å². The van der Waals surface area contributed by atoms with Crippen molar-refractivity contribution in [2.45, 2.75) is 51.2 Å². The molecule has 1 aromatic carbocycles. The van der Waals surface area contributed by atoms with Gasteiger partial charge in [-0.05, 0) is 56.3 Å². The quantitative estimate of drug-likeness (QED) is 0.621. The summed E-state index contributed by atoms with van der Waals surface area (Å²) >= 11 is 0.